The van der Waals surface area contributed by atoms with Gasteiger partial charge in [0.25, 0.3) is 0 Å². The summed E-state index contributed by atoms with van der Waals surface area (Å²) in [6.45, 7) is 0. The fraction of sp³-hybridized carbons (Fsp3) is 0.0769. The van der Waals surface area contributed by atoms with Gasteiger partial charge in [-0.2, -0.15) is 0 Å². The standard InChI is InChI=1S/C13H11FO2/c1-16-13-8-9(14)6-7-11(13)10-4-2-3-5-12(10)15/h2-8,15H,1H3. The molecule has 0 saturated carbocycles. The Morgan fingerprint density at radius 1 is 1.06 bits per heavy atom. The number of methoxy groups -OCH3 is 1. The van der Waals surface area contributed by atoms with Gasteiger partial charge in [-0.1, -0.05) is 18.2 Å². The van der Waals surface area contributed by atoms with Crippen LogP contribution in [-0.2, 0) is 0 Å². The fourth-order valence-corrected chi connectivity index (χ4v) is 1.59. The molecule has 2 aromatic rings. The molecule has 2 aromatic carbocycles. The zero-order valence-electron chi connectivity index (χ0n) is 8.77. The topological polar surface area (TPSA) is 29.5 Å². The van der Waals surface area contributed by atoms with Crippen LogP contribution < -0.4 is 4.74 Å². The van der Waals surface area contributed by atoms with Crippen LogP contribution in [0, 0.1) is 5.82 Å². The summed E-state index contributed by atoms with van der Waals surface area (Å²) in [5.41, 5.74) is 1.29. The largest absolute Gasteiger partial charge is 0.507 e. The minimum Gasteiger partial charge on any atom is -0.507 e. The van der Waals surface area contributed by atoms with Gasteiger partial charge in [-0.25, -0.2) is 4.39 Å². The van der Waals surface area contributed by atoms with Crippen LogP contribution in [0.1, 0.15) is 0 Å². The molecule has 0 aliphatic rings. The molecule has 0 amide bonds. The SMILES string of the molecule is COc1cc(F)ccc1-c1ccccc1O. The highest BCUT2D eigenvalue weighted by Gasteiger charge is 2.09. The fourth-order valence-electron chi connectivity index (χ4n) is 1.59. The molecule has 0 aliphatic heterocycles. The van der Waals surface area contributed by atoms with E-state index in [1.165, 1.54) is 19.2 Å². The first-order valence-corrected chi connectivity index (χ1v) is 4.84. The van der Waals surface area contributed by atoms with Gasteiger partial charge >= 0.3 is 0 Å². The van der Waals surface area contributed by atoms with Gasteiger partial charge in [0.05, 0.1) is 7.11 Å². The molecule has 2 nitrogen and oxygen atoms in total. The molecular formula is C13H11FO2. The van der Waals surface area contributed by atoms with E-state index in [1.807, 2.05) is 0 Å². The molecule has 0 saturated heterocycles. The molecule has 0 aliphatic carbocycles. The summed E-state index contributed by atoms with van der Waals surface area (Å²) in [6.07, 6.45) is 0. The van der Waals surface area contributed by atoms with Crippen LogP contribution in [0.2, 0.25) is 0 Å². The van der Waals surface area contributed by atoms with Gasteiger partial charge in [0.15, 0.2) is 0 Å². The number of aromatic hydroxyl groups is 1. The number of rotatable bonds is 2. The number of hydrogen-bond acceptors (Lipinski definition) is 2. The third-order valence-electron chi connectivity index (χ3n) is 2.36. The first-order valence-electron chi connectivity index (χ1n) is 4.84. The zero-order valence-corrected chi connectivity index (χ0v) is 8.77. The monoisotopic (exact) mass is 218 g/mol. The molecule has 0 spiro atoms. The molecular weight excluding hydrogens is 207 g/mol. The maximum absolute atomic E-state index is 13.0. The highest BCUT2D eigenvalue weighted by Crippen LogP contribution is 2.35. The lowest BCUT2D eigenvalue weighted by Gasteiger charge is -2.09. The number of ether oxygens (including phenoxy) is 1. The van der Waals surface area contributed by atoms with Crippen molar-refractivity contribution in [2.75, 3.05) is 7.11 Å². The molecule has 0 heterocycles. The summed E-state index contributed by atoms with van der Waals surface area (Å²) in [5, 5.41) is 9.70. The van der Waals surface area contributed by atoms with Gasteiger partial charge in [0.1, 0.15) is 17.3 Å². The van der Waals surface area contributed by atoms with Crippen molar-refractivity contribution in [3.8, 4) is 22.6 Å². The van der Waals surface area contributed by atoms with Crippen LogP contribution >= 0.6 is 0 Å². The van der Waals surface area contributed by atoms with Crippen molar-refractivity contribution in [3.63, 3.8) is 0 Å². The molecule has 0 aromatic heterocycles. The molecule has 16 heavy (non-hydrogen) atoms. The lowest BCUT2D eigenvalue weighted by atomic mass is 10.0. The number of phenols is 1. The maximum atomic E-state index is 13.0. The number of phenolic OH excluding ortho intramolecular Hbond substituents is 1. The molecule has 0 atom stereocenters. The summed E-state index contributed by atoms with van der Waals surface area (Å²) >= 11 is 0. The number of hydrogen-bond donors (Lipinski definition) is 1. The van der Waals surface area contributed by atoms with Crippen LogP contribution in [0.5, 0.6) is 11.5 Å². The van der Waals surface area contributed by atoms with Crippen LogP contribution in [-0.4, -0.2) is 12.2 Å². The molecule has 2 rings (SSSR count). The third-order valence-corrected chi connectivity index (χ3v) is 2.36. The highest BCUT2D eigenvalue weighted by molar-refractivity contribution is 5.75. The Morgan fingerprint density at radius 2 is 1.81 bits per heavy atom. The minimum atomic E-state index is -0.365. The van der Waals surface area contributed by atoms with E-state index in [4.69, 9.17) is 4.74 Å². The van der Waals surface area contributed by atoms with Gasteiger partial charge in [0.2, 0.25) is 0 Å². The third kappa shape index (κ3) is 1.84. The van der Waals surface area contributed by atoms with E-state index >= 15 is 0 Å². The van der Waals surface area contributed by atoms with Crippen molar-refractivity contribution in [1.29, 1.82) is 0 Å². The van der Waals surface area contributed by atoms with Crippen molar-refractivity contribution in [2.24, 2.45) is 0 Å². The molecule has 0 radical (unpaired) electrons. The second-order valence-electron chi connectivity index (χ2n) is 3.36. The first kappa shape index (κ1) is 10.5. The Morgan fingerprint density at radius 3 is 2.50 bits per heavy atom. The van der Waals surface area contributed by atoms with Crippen molar-refractivity contribution in [1.82, 2.24) is 0 Å². The van der Waals surface area contributed by atoms with Gasteiger partial charge in [-0.05, 0) is 18.2 Å². The number of benzene rings is 2. The Balaban J connectivity index is 2.60. The molecule has 3 heteroatoms. The summed E-state index contributed by atoms with van der Waals surface area (Å²) in [6, 6.07) is 11.1. The van der Waals surface area contributed by atoms with E-state index in [-0.39, 0.29) is 11.6 Å². The van der Waals surface area contributed by atoms with E-state index in [1.54, 1.807) is 30.3 Å². The van der Waals surface area contributed by atoms with Crippen molar-refractivity contribution in [2.45, 2.75) is 0 Å². The van der Waals surface area contributed by atoms with Crippen molar-refractivity contribution >= 4 is 0 Å². The maximum Gasteiger partial charge on any atom is 0.129 e. The van der Waals surface area contributed by atoms with Gasteiger partial charge in [0, 0.05) is 17.2 Å². The Kier molecular flexibility index (Phi) is 2.77. The highest BCUT2D eigenvalue weighted by atomic mass is 19.1. The van der Waals surface area contributed by atoms with Crippen LogP contribution in [0.25, 0.3) is 11.1 Å². The second-order valence-corrected chi connectivity index (χ2v) is 3.36. The number of para-hydroxylation sites is 1. The average molecular weight is 218 g/mol. The summed E-state index contributed by atoms with van der Waals surface area (Å²) in [7, 11) is 1.47. The second kappa shape index (κ2) is 4.23. The van der Waals surface area contributed by atoms with E-state index in [9.17, 15) is 9.50 Å². The molecule has 82 valence electrons. The van der Waals surface area contributed by atoms with Crippen LogP contribution in [0.15, 0.2) is 42.5 Å². The molecule has 1 N–H and O–H groups in total. The van der Waals surface area contributed by atoms with Gasteiger partial charge < -0.3 is 9.84 Å². The lowest BCUT2D eigenvalue weighted by molar-refractivity contribution is 0.412. The molecule has 0 bridgehead atoms. The summed E-state index contributed by atoms with van der Waals surface area (Å²) in [5.74, 6) is 0.185. The average Bonchev–Trinajstić information content (AvgIpc) is 2.30. The lowest BCUT2D eigenvalue weighted by Crippen LogP contribution is -1.89. The van der Waals surface area contributed by atoms with Crippen LogP contribution in [0.4, 0.5) is 4.39 Å². The Hall–Kier alpha value is -2.03. The van der Waals surface area contributed by atoms with E-state index in [2.05, 4.69) is 0 Å². The van der Waals surface area contributed by atoms with Crippen molar-refractivity contribution in [3.05, 3.63) is 48.3 Å². The smallest absolute Gasteiger partial charge is 0.129 e. The molecule has 0 fully saturated rings. The van der Waals surface area contributed by atoms with Crippen LogP contribution in [0.3, 0.4) is 0 Å². The normalized spacial score (nSPS) is 10.1. The zero-order chi connectivity index (χ0) is 11.5. The quantitative estimate of drug-likeness (QED) is 0.838. The Labute approximate surface area is 92.9 Å². The van der Waals surface area contributed by atoms with E-state index in [0.29, 0.717) is 16.9 Å². The predicted octanol–water partition coefficient (Wildman–Crippen LogP) is 3.21. The van der Waals surface area contributed by atoms with E-state index < -0.39 is 0 Å². The summed E-state index contributed by atoms with van der Waals surface area (Å²) < 4.78 is 18.1. The Bertz CT molecular complexity index is 509. The first-order chi connectivity index (χ1) is 7.72. The van der Waals surface area contributed by atoms with Gasteiger partial charge in [-0.15, -0.1) is 0 Å². The molecule has 0 unspecified atom stereocenters. The van der Waals surface area contributed by atoms with Gasteiger partial charge in [-0.3, -0.25) is 0 Å². The van der Waals surface area contributed by atoms with Crippen molar-refractivity contribution < 1.29 is 14.2 Å². The predicted molar refractivity (Wildman–Crippen MR) is 60.1 cm³/mol. The van der Waals surface area contributed by atoms with E-state index in [0.717, 1.165) is 0 Å². The summed E-state index contributed by atoms with van der Waals surface area (Å²) in [4.78, 5) is 0. The minimum absolute atomic E-state index is 0.146. The number of halogens is 1.